The Morgan fingerprint density at radius 2 is 2.43 bits per heavy atom. The normalized spacial score (nSPS) is 29.1. The third-order valence-electron chi connectivity index (χ3n) is 2.55. The third-order valence-corrected chi connectivity index (χ3v) is 2.55. The summed E-state index contributed by atoms with van der Waals surface area (Å²) in [6, 6.07) is 0.376. The Labute approximate surface area is 85.3 Å². The highest BCUT2D eigenvalue weighted by Crippen LogP contribution is 2.14. The van der Waals surface area contributed by atoms with Crippen molar-refractivity contribution in [1.82, 2.24) is 10.3 Å². The van der Waals surface area contributed by atoms with Crippen LogP contribution >= 0.6 is 0 Å². The molecule has 0 amide bonds. The van der Waals surface area contributed by atoms with E-state index in [1.807, 2.05) is 0 Å². The zero-order valence-corrected chi connectivity index (χ0v) is 9.16. The molecule has 2 atom stereocenters. The highest BCUT2D eigenvalue weighted by atomic mass is 16.5. The Balaban J connectivity index is 2.69. The van der Waals surface area contributed by atoms with Crippen LogP contribution < -0.4 is 11.3 Å². The van der Waals surface area contributed by atoms with Gasteiger partial charge in [-0.05, 0) is 13.3 Å². The average molecular weight is 200 g/mol. The zero-order valence-electron chi connectivity index (χ0n) is 9.16. The number of hydrazine groups is 1. The van der Waals surface area contributed by atoms with Crippen LogP contribution in [-0.4, -0.2) is 43.2 Å². The second kappa shape index (κ2) is 5.17. The number of nitrogens with zero attached hydrogens (tertiary/aromatic N) is 2. The summed E-state index contributed by atoms with van der Waals surface area (Å²) in [7, 11) is 1.74. The van der Waals surface area contributed by atoms with Crippen LogP contribution in [0.4, 0.5) is 0 Å². The highest BCUT2D eigenvalue weighted by molar-refractivity contribution is 5.79. The van der Waals surface area contributed by atoms with Crippen LogP contribution in [0.1, 0.15) is 20.3 Å². The van der Waals surface area contributed by atoms with Crippen molar-refractivity contribution in [2.24, 2.45) is 10.8 Å². The lowest BCUT2D eigenvalue weighted by Gasteiger charge is -2.39. The number of hydrogen-bond donors (Lipinski definition) is 2. The molecule has 1 fully saturated rings. The first-order chi connectivity index (χ1) is 6.72. The van der Waals surface area contributed by atoms with E-state index in [1.54, 1.807) is 7.05 Å². The van der Waals surface area contributed by atoms with E-state index in [2.05, 4.69) is 29.2 Å². The maximum atomic E-state index is 5.59. The van der Waals surface area contributed by atoms with Crippen molar-refractivity contribution in [3.8, 4) is 0 Å². The summed E-state index contributed by atoms with van der Waals surface area (Å²) in [4.78, 5) is 6.29. The minimum atomic E-state index is 0.239. The summed E-state index contributed by atoms with van der Waals surface area (Å²) in [6.45, 7) is 5.79. The van der Waals surface area contributed by atoms with Crippen LogP contribution in [0.3, 0.4) is 0 Å². The zero-order chi connectivity index (χ0) is 10.6. The molecule has 0 aromatic rings. The van der Waals surface area contributed by atoms with E-state index in [9.17, 15) is 0 Å². The first kappa shape index (κ1) is 11.3. The summed E-state index contributed by atoms with van der Waals surface area (Å²) in [5.41, 5.74) is 2.63. The summed E-state index contributed by atoms with van der Waals surface area (Å²) in [5.74, 6) is 6.16. The Kier molecular flexibility index (Phi) is 4.16. The van der Waals surface area contributed by atoms with Crippen molar-refractivity contribution in [2.75, 3.05) is 20.2 Å². The van der Waals surface area contributed by atoms with Gasteiger partial charge in [0.2, 0.25) is 5.96 Å². The Hall–Kier alpha value is -0.810. The summed E-state index contributed by atoms with van der Waals surface area (Å²) in [5, 5.41) is 0. The van der Waals surface area contributed by atoms with Crippen LogP contribution in [0.5, 0.6) is 0 Å². The maximum Gasteiger partial charge on any atom is 0.208 e. The predicted molar refractivity (Wildman–Crippen MR) is 56.9 cm³/mol. The molecule has 1 rings (SSSR count). The monoisotopic (exact) mass is 200 g/mol. The molecule has 0 aromatic carbocycles. The summed E-state index contributed by atoms with van der Waals surface area (Å²) in [6.07, 6.45) is 1.27. The van der Waals surface area contributed by atoms with Gasteiger partial charge in [0.25, 0.3) is 0 Å². The molecule has 2 unspecified atom stereocenters. The van der Waals surface area contributed by atoms with Gasteiger partial charge in [-0.15, -0.1) is 0 Å². The Bertz CT molecular complexity index is 207. The number of aliphatic imine (C=N–C) groups is 1. The number of nitrogens with one attached hydrogen (secondary N) is 1. The summed E-state index contributed by atoms with van der Waals surface area (Å²) >= 11 is 0. The van der Waals surface area contributed by atoms with E-state index in [-0.39, 0.29) is 6.10 Å². The van der Waals surface area contributed by atoms with Crippen molar-refractivity contribution in [1.29, 1.82) is 0 Å². The Morgan fingerprint density at radius 1 is 1.71 bits per heavy atom. The van der Waals surface area contributed by atoms with Gasteiger partial charge in [-0.25, -0.2) is 5.84 Å². The number of morpholine rings is 1. The molecule has 1 heterocycles. The van der Waals surface area contributed by atoms with E-state index in [0.717, 1.165) is 25.5 Å². The van der Waals surface area contributed by atoms with Crippen molar-refractivity contribution >= 4 is 5.96 Å². The minimum Gasteiger partial charge on any atom is -0.375 e. The minimum absolute atomic E-state index is 0.239. The number of hydrogen-bond acceptors (Lipinski definition) is 3. The molecule has 0 aliphatic carbocycles. The van der Waals surface area contributed by atoms with Gasteiger partial charge in [0, 0.05) is 13.6 Å². The van der Waals surface area contributed by atoms with Crippen molar-refractivity contribution < 1.29 is 4.74 Å². The van der Waals surface area contributed by atoms with Gasteiger partial charge in [0.05, 0.1) is 18.8 Å². The van der Waals surface area contributed by atoms with Crippen molar-refractivity contribution in [2.45, 2.75) is 32.4 Å². The third kappa shape index (κ3) is 2.36. The van der Waals surface area contributed by atoms with Crippen molar-refractivity contribution in [3.05, 3.63) is 0 Å². The van der Waals surface area contributed by atoms with Gasteiger partial charge < -0.3 is 9.64 Å². The lowest BCUT2D eigenvalue weighted by Crippen LogP contribution is -2.56. The molecule has 0 aromatic heterocycles. The average Bonchev–Trinajstić information content (AvgIpc) is 2.20. The molecule has 0 radical (unpaired) electrons. The topological polar surface area (TPSA) is 62.9 Å². The van der Waals surface area contributed by atoms with Crippen LogP contribution in [0.15, 0.2) is 4.99 Å². The largest absolute Gasteiger partial charge is 0.375 e. The molecule has 0 spiro atoms. The second-order valence-corrected chi connectivity index (χ2v) is 3.55. The van der Waals surface area contributed by atoms with Crippen LogP contribution in [0.2, 0.25) is 0 Å². The van der Waals surface area contributed by atoms with Crippen LogP contribution in [-0.2, 0) is 4.74 Å². The predicted octanol–water partition coefficient (Wildman–Crippen LogP) is -0.0652. The number of ether oxygens (including phenoxy) is 1. The molecule has 82 valence electrons. The standard InChI is InChI=1S/C9H20N4O/c1-4-8-6-14-7(2)5-13(8)9(11-3)12-10/h7-8H,4-6,10H2,1-3H3,(H,11,12). The fourth-order valence-corrected chi connectivity index (χ4v) is 1.72. The van der Waals surface area contributed by atoms with E-state index in [1.165, 1.54) is 0 Å². The molecule has 1 saturated heterocycles. The number of nitrogens with two attached hydrogens (primary N) is 1. The molecule has 1 aliphatic rings. The van der Waals surface area contributed by atoms with Crippen molar-refractivity contribution in [3.63, 3.8) is 0 Å². The molecule has 14 heavy (non-hydrogen) atoms. The van der Waals surface area contributed by atoms with Gasteiger partial charge in [-0.2, -0.15) is 0 Å². The molecule has 0 saturated carbocycles. The molecule has 5 heteroatoms. The summed E-state index contributed by atoms with van der Waals surface area (Å²) < 4.78 is 5.59. The van der Waals surface area contributed by atoms with E-state index in [4.69, 9.17) is 10.6 Å². The molecular formula is C9H20N4O. The number of guanidine groups is 1. The smallest absolute Gasteiger partial charge is 0.208 e. The molecule has 5 nitrogen and oxygen atoms in total. The number of rotatable bonds is 1. The van der Waals surface area contributed by atoms with E-state index < -0.39 is 0 Å². The quantitative estimate of drug-likeness (QED) is 0.269. The highest BCUT2D eigenvalue weighted by Gasteiger charge is 2.27. The second-order valence-electron chi connectivity index (χ2n) is 3.55. The lowest BCUT2D eigenvalue weighted by atomic mass is 10.1. The van der Waals surface area contributed by atoms with Crippen LogP contribution in [0.25, 0.3) is 0 Å². The molecule has 0 bridgehead atoms. The fourth-order valence-electron chi connectivity index (χ4n) is 1.72. The SMILES string of the molecule is CCC1COC(C)CN1C(=NC)NN. The fraction of sp³-hybridized carbons (Fsp3) is 0.889. The van der Waals surface area contributed by atoms with Gasteiger partial charge in [-0.3, -0.25) is 10.4 Å². The van der Waals surface area contributed by atoms with Gasteiger partial charge >= 0.3 is 0 Å². The van der Waals surface area contributed by atoms with Gasteiger partial charge in [-0.1, -0.05) is 6.92 Å². The van der Waals surface area contributed by atoms with Crippen LogP contribution in [0, 0.1) is 0 Å². The molecule has 3 N–H and O–H groups in total. The van der Waals surface area contributed by atoms with Gasteiger partial charge in [0.1, 0.15) is 0 Å². The first-order valence-electron chi connectivity index (χ1n) is 5.04. The maximum absolute atomic E-state index is 5.59. The van der Waals surface area contributed by atoms with E-state index >= 15 is 0 Å². The lowest BCUT2D eigenvalue weighted by molar-refractivity contribution is -0.0297. The van der Waals surface area contributed by atoms with E-state index in [0.29, 0.717) is 6.04 Å². The molecule has 1 aliphatic heterocycles. The molecular weight excluding hydrogens is 180 g/mol. The Morgan fingerprint density at radius 3 is 2.93 bits per heavy atom. The van der Waals surface area contributed by atoms with Gasteiger partial charge in [0.15, 0.2) is 0 Å². The first-order valence-corrected chi connectivity index (χ1v) is 5.04.